The van der Waals surface area contributed by atoms with Crippen LogP contribution in [-0.4, -0.2) is 166 Å². The van der Waals surface area contributed by atoms with Crippen LogP contribution in [-0.2, 0) is 38.4 Å². The quantitative estimate of drug-likeness (QED) is 0.0357. The minimum atomic E-state index is -1.12. The third kappa shape index (κ3) is 26.8. The maximum absolute atomic E-state index is 14.1. The van der Waals surface area contributed by atoms with Crippen LogP contribution in [0.3, 0.4) is 0 Å². The van der Waals surface area contributed by atoms with Gasteiger partial charge in [0.05, 0.1) is 32.7 Å². The second-order valence-corrected chi connectivity index (χ2v) is 24.4. The molecule has 0 unspecified atom stereocenters. The van der Waals surface area contributed by atoms with Gasteiger partial charge in [-0.15, -0.1) is 0 Å². The predicted molar refractivity (Wildman–Crippen MR) is 344 cm³/mol. The van der Waals surface area contributed by atoms with Gasteiger partial charge in [-0.05, 0) is 160 Å². The largest absolute Gasteiger partial charge is 0.492 e. The molecular weight excluding hydrogens is 1130 g/mol. The Morgan fingerprint density at radius 2 is 0.843 bits per heavy atom. The number of primary amides is 1. The minimum Gasteiger partial charge on any atom is -0.492 e. The summed E-state index contributed by atoms with van der Waals surface area (Å²) in [5.41, 5.74) is 10.1. The average Bonchev–Trinajstić information content (AvgIpc) is 1.18. The maximum Gasteiger partial charge on any atom is 0.251 e. The van der Waals surface area contributed by atoms with Crippen LogP contribution in [0, 0.1) is 17.8 Å². The summed E-state index contributed by atoms with van der Waals surface area (Å²) in [7, 11) is 0. The molecule has 2 aliphatic heterocycles. The van der Waals surface area contributed by atoms with E-state index in [2.05, 4.69) is 83.5 Å². The number of likely N-dealkylation sites (tertiary alicyclic amines) is 2. The minimum absolute atomic E-state index is 0.0752. The van der Waals surface area contributed by atoms with Crippen LogP contribution < -0.4 is 57.7 Å². The Balaban J connectivity index is 1.24. The van der Waals surface area contributed by atoms with E-state index < -0.39 is 104 Å². The van der Waals surface area contributed by atoms with E-state index >= 15 is 0 Å². The van der Waals surface area contributed by atoms with Gasteiger partial charge < -0.3 is 57.7 Å². The van der Waals surface area contributed by atoms with Crippen molar-refractivity contribution in [1.29, 1.82) is 0 Å². The third-order valence-corrected chi connectivity index (χ3v) is 15.4. The number of ether oxygens (including phenoxy) is 2. The van der Waals surface area contributed by atoms with Gasteiger partial charge in [0.1, 0.15) is 42.8 Å². The summed E-state index contributed by atoms with van der Waals surface area (Å²) >= 11 is 0. The molecule has 2 heterocycles. The number of allylic oxidation sites excluding steroid dienone is 1. The number of nitrogens with one attached hydrogen (secondary N) is 8. The van der Waals surface area contributed by atoms with Gasteiger partial charge in [0, 0.05) is 18.7 Å². The first-order valence-electron chi connectivity index (χ1n) is 32.0. The number of hydrogen-bond acceptors (Lipinski definition) is 13. The molecule has 10 N–H and O–H groups in total. The lowest BCUT2D eigenvalue weighted by Crippen LogP contribution is -2.58. The van der Waals surface area contributed by atoms with Crippen LogP contribution in [0.1, 0.15) is 153 Å². The summed E-state index contributed by atoms with van der Waals surface area (Å²) in [5, 5.41) is 20.4. The number of amides is 9. The van der Waals surface area contributed by atoms with Crippen molar-refractivity contribution in [2.75, 3.05) is 85.2 Å². The molecule has 89 heavy (non-hydrogen) atoms. The molecule has 0 radical (unpaired) electrons. The Kier molecular flexibility index (Phi) is 31.1. The number of hydrogen-bond donors (Lipinski definition) is 9. The molecule has 0 aliphatic carbocycles. The molecule has 2 saturated heterocycles. The molecule has 3 atom stereocenters. The molecule has 22 heteroatoms. The molecule has 0 saturated carbocycles. The Bertz CT molecular complexity index is 2740. The fraction of sp³-hybridized carbons (Fsp3) is 0.567. The Morgan fingerprint density at radius 3 is 1.27 bits per heavy atom. The standard InChI is InChI=1S/C67H99N11O11/c1-8-54(63(48-20-24-52(25-21-48)88-34-32-77-28-13-9-10-14-29-77)49-22-26-53(27-23-49)89-35-33-78-30-15-11-12-16-31-78)50-18-17-19-51(39-50)64(84)72-44-62(83)74-56(37-46(4)5)66(86)76-57(38-47(6)7)67(87)75-55(36-45(2)3)65(85)73-43-61(82)71-42-60(81)70-41-59(80)69-40-58(68)79/h17-27,39,45-47,55-57H,8-16,28-38,40-44H2,1-7H3,(H2,68,79)(H,69,80)(H,70,81)(H,71,82)(H,72,84)(H,73,85)(H,74,83)(H,75,87)(H,76,86)/t55-,56-,57-/m0/s1. The van der Waals surface area contributed by atoms with E-state index in [4.69, 9.17) is 15.2 Å². The van der Waals surface area contributed by atoms with E-state index in [1.54, 1.807) is 6.07 Å². The summed E-state index contributed by atoms with van der Waals surface area (Å²) < 4.78 is 12.5. The number of nitrogens with zero attached hydrogens (tertiary/aromatic N) is 2. The maximum atomic E-state index is 14.1. The van der Waals surface area contributed by atoms with Crippen LogP contribution in [0.5, 0.6) is 11.5 Å². The number of nitrogens with two attached hydrogens (primary N) is 1. The lowest BCUT2D eigenvalue weighted by molar-refractivity contribution is -0.134. The van der Waals surface area contributed by atoms with E-state index in [1.807, 2.05) is 84.0 Å². The Labute approximate surface area is 526 Å². The zero-order valence-corrected chi connectivity index (χ0v) is 53.5. The molecule has 0 aromatic heterocycles. The molecular formula is C67H99N11O11. The lowest BCUT2D eigenvalue weighted by atomic mass is 9.87. The molecule has 0 spiro atoms. The van der Waals surface area contributed by atoms with Gasteiger partial charge in [0.15, 0.2) is 0 Å². The van der Waals surface area contributed by atoms with Crippen LogP contribution in [0.2, 0.25) is 0 Å². The van der Waals surface area contributed by atoms with Crippen molar-refractivity contribution in [3.63, 3.8) is 0 Å². The highest BCUT2D eigenvalue weighted by Crippen LogP contribution is 2.36. The highest BCUT2D eigenvalue weighted by atomic mass is 16.5. The fourth-order valence-corrected chi connectivity index (χ4v) is 10.8. The van der Waals surface area contributed by atoms with Gasteiger partial charge in [0.2, 0.25) is 47.3 Å². The van der Waals surface area contributed by atoms with Crippen molar-refractivity contribution in [3.05, 3.63) is 95.1 Å². The SMILES string of the molecule is CCC(=C(c1ccc(OCCN2CCCCCC2)cc1)c1ccc(OCCN2CCCCCC2)cc1)c1cccc(C(=O)NCC(=O)N[C@@H](CC(C)C)C(=O)N[C@@H](CC(C)C)C(=O)N[C@@H](CC(C)C)C(=O)NCC(=O)NCC(=O)NCC(=O)NCC(N)=O)c1. The Hall–Kier alpha value is -7.85. The molecule has 2 aliphatic rings. The second-order valence-electron chi connectivity index (χ2n) is 24.4. The zero-order valence-electron chi connectivity index (χ0n) is 53.5. The van der Waals surface area contributed by atoms with Crippen molar-refractivity contribution in [3.8, 4) is 11.5 Å². The molecule has 2 fully saturated rings. The lowest BCUT2D eigenvalue weighted by Gasteiger charge is -2.27. The van der Waals surface area contributed by atoms with Crippen molar-refractivity contribution in [2.24, 2.45) is 23.5 Å². The monoisotopic (exact) mass is 1230 g/mol. The van der Waals surface area contributed by atoms with Gasteiger partial charge in [-0.25, -0.2) is 0 Å². The van der Waals surface area contributed by atoms with Crippen LogP contribution in [0.25, 0.3) is 11.1 Å². The van der Waals surface area contributed by atoms with E-state index in [0.717, 1.165) is 78.6 Å². The summed E-state index contributed by atoms with van der Waals surface area (Å²) in [6.07, 6.45) is 11.2. The van der Waals surface area contributed by atoms with E-state index in [1.165, 1.54) is 51.4 Å². The smallest absolute Gasteiger partial charge is 0.251 e. The fourth-order valence-electron chi connectivity index (χ4n) is 10.8. The van der Waals surface area contributed by atoms with Crippen molar-refractivity contribution in [1.82, 2.24) is 52.3 Å². The first kappa shape index (κ1) is 71.9. The van der Waals surface area contributed by atoms with Crippen LogP contribution in [0.15, 0.2) is 72.8 Å². The molecule has 3 aromatic carbocycles. The summed E-state index contributed by atoms with van der Waals surface area (Å²) in [6, 6.07) is 20.4. The summed E-state index contributed by atoms with van der Waals surface area (Å²) in [4.78, 5) is 122. The molecule has 3 aromatic rings. The molecule has 488 valence electrons. The zero-order chi connectivity index (χ0) is 64.7. The van der Waals surface area contributed by atoms with Gasteiger partial charge in [-0.3, -0.25) is 53.0 Å². The number of carbonyl (C=O) groups is 9. The van der Waals surface area contributed by atoms with Gasteiger partial charge >= 0.3 is 0 Å². The Morgan fingerprint density at radius 1 is 0.449 bits per heavy atom. The molecule has 5 rings (SSSR count). The predicted octanol–water partition coefficient (Wildman–Crippen LogP) is 4.84. The first-order chi connectivity index (χ1) is 42.7. The number of rotatable bonds is 35. The van der Waals surface area contributed by atoms with Gasteiger partial charge in [-0.1, -0.05) is 111 Å². The average molecular weight is 1230 g/mol. The van der Waals surface area contributed by atoms with Crippen molar-refractivity contribution in [2.45, 2.75) is 144 Å². The van der Waals surface area contributed by atoms with Crippen molar-refractivity contribution < 1.29 is 52.6 Å². The van der Waals surface area contributed by atoms with Crippen LogP contribution in [0.4, 0.5) is 0 Å². The van der Waals surface area contributed by atoms with Crippen LogP contribution >= 0.6 is 0 Å². The third-order valence-electron chi connectivity index (χ3n) is 15.4. The summed E-state index contributed by atoms with van der Waals surface area (Å²) in [5.74, 6) is -4.61. The number of carbonyl (C=O) groups excluding carboxylic acids is 9. The second kappa shape index (κ2) is 38.5. The van der Waals surface area contributed by atoms with Crippen molar-refractivity contribution >= 4 is 64.3 Å². The first-order valence-corrected chi connectivity index (χ1v) is 32.0. The molecule has 9 amide bonds. The summed E-state index contributed by atoms with van der Waals surface area (Å²) in [6.45, 7) is 18.3. The molecule has 0 bridgehead atoms. The highest BCUT2D eigenvalue weighted by molar-refractivity contribution is 6.02. The highest BCUT2D eigenvalue weighted by Gasteiger charge is 2.31. The van der Waals surface area contributed by atoms with E-state index in [-0.39, 0.29) is 37.0 Å². The molecule has 22 nitrogen and oxygen atoms in total. The van der Waals surface area contributed by atoms with Gasteiger partial charge in [-0.2, -0.15) is 0 Å². The normalized spacial score (nSPS) is 14.8. The van der Waals surface area contributed by atoms with E-state index in [9.17, 15) is 43.2 Å². The van der Waals surface area contributed by atoms with Gasteiger partial charge in [0.25, 0.3) is 5.91 Å². The topological polar surface area (TPSA) is 301 Å². The number of benzene rings is 3. The van der Waals surface area contributed by atoms with E-state index in [0.29, 0.717) is 25.2 Å².